The van der Waals surface area contributed by atoms with E-state index >= 15 is 0 Å². The van der Waals surface area contributed by atoms with E-state index < -0.39 is 16.1 Å². The van der Waals surface area contributed by atoms with Gasteiger partial charge in [-0.15, -0.1) is 0 Å². The summed E-state index contributed by atoms with van der Waals surface area (Å²) in [5, 5.41) is 0. The molecular formula is C13H16N2O5S. The van der Waals surface area contributed by atoms with Gasteiger partial charge in [0.1, 0.15) is 13.2 Å². The normalized spacial score (nSPS) is 21.7. The van der Waals surface area contributed by atoms with Crippen molar-refractivity contribution in [1.29, 1.82) is 0 Å². The number of benzene rings is 1. The number of anilines is 1. The number of ether oxygens (including phenoxy) is 2. The van der Waals surface area contributed by atoms with Crippen molar-refractivity contribution >= 4 is 21.6 Å². The van der Waals surface area contributed by atoms with Crippen molar-refractivity contribution < 1.29 is 22.7 Å². The molecule has 7 nitrogen and oxygen atoms in total. The summed E-state index contributed by atoms with van der Waals surface area (Å²) in [5.41, 5.74) is 0.682. The summed E-state index contributed by atoms with van der Waals surface area (Å²) in [7, 11) is -3.32. The number of hydrogen-bond donors (Lipinski definition) is 1. The molecule has 0 unspecified atom stereocenters. The van der Waals surface area contributed by atoms with E-state index in [2.05, 4.69) is 4.72 Å². The van der Waals surface area contributed by atoms with Gasteiger partial charge in [0, 0.05) is 30.8 Å². The van der Waals surface area contributed by atoms with Gasteiger partial charge in [0.25, 0.3) is 0 Å². The second-order valence-electron chi connectivity index (χ2n) is 5.12. The molecule has 0 spiro atoms. The zero-order valence-corrected chi connectivity index (χ0v) is 12.4. The molecule has 2 aliphatic heterocycles. The van der Waals surface area contributed by atoms with Crippen molar-refractivity contribution in [2.24, 2.45) is 0 Å². The SMILES string of the molecule is CS(=O)(=O)N[C@H]1CC(=O)N(c2ccc3c(c2)OCCO3)C1. The molecule has 3 rings (SSSR count). The van der Waals surface area contributed by atoms with Crippen LogP contribution in [0.1, 0.15) is 6.42 Å². The van der Waals surface area contributed by atoms with E-state index in [4.69, 9.17) is 9.47 Å². The van der Waals surface area contributed by atoms with Crippen molar-refractivity contribution in [2.75, 3.05) is 30.9 Å². The number of sulfonamides is 1. The number of nitrogens with one attached hydrogen (secondary N) is 1. The van der Waals surface area contributed by atoms with Gasteiger partial charge in [-0.05, 0) is 12.1 Å². The van der Waals surface area contributed by atoms with E-state index in [0.29, 0.717) is 36.9 Å². The third-order valence-corrected chi connectivity index (χ3v) is 4.10. The molecule has 0 saturated carbocycles. The third-order valence-electron chi connectivity index (χ3n) is 3.34. The Kier molecular flexibility index (Phi) is 3.50. The summed E-state index contributed by atoms with van der Waals surface area (Å²) in [4.78, 5) is 13.6. The van der Waals surface area contributed by atoms with E-state index in [9.17, 15) is 13.2 Å². The maximum Gasteiger partial charge on any atom is 0.228 e. The fourth-order valence-corrected chi connectivity index (χ4v) is 3.30. The predicted molar refractivity (Wildman–Crippen MR) is 76.2 cm³/mol. The molecule has 0 bridgehead atoms. The molecule has 0 aliphatic carbocycles. The lowest BCUT2D eigenvalue weighted by atomic mass is 10.2. The molecule has 0 radical (unpaired) electrons. The number of hydrogen-bond acceptors (Lipinski definition) is 5. The summed E-state index contributed by atoms with van der Waals surface area (Å²) >= 11 is 0. The van der Waals surface area contributed by atoms with Crippen LogP contribution in [0.2, 0.25) is 0 Å². The minimum absolute atomic E-state index is 0.118. The number of carbonyl (C=O) groups is 1. The maximum absolute atomic E-state index is 12.1. The van der Waals surface area contributed by atoms with E-state index in [0.717, 1.165) is 6.26 Å². The minimum Gasteiger partial charge on any atom is -0.486 e. The minimum atomic E-state index is -3.32. The molecule has 1 aromatic rings. The largest absolute Gasteiger partial charge is 0.486 e. The van der Waals surface area contributed by atoms with Gasteiger partial charge in [-0.3, -0.25) is 4.79 Å². The first-order chi connectivity index (χ1) is 9.92. The lowest BCUT2D eigenvalue weighted by Gasteiger charge is -2.22. The average Bonchev–Trinajstić information content (AvgIpc) is 2.76. The summed E-state index contributed by atoms with van der Waals surface area (Å²) in [6.45, 7) is 1.30. The van der Waals surface area contributed by atoms with E-state index in [1.165, 1.54) is 0 Å². The number of carbonyl (C=O) groups excluding carboxylic acids is 1. The standard InChI is InChI=1S/C13H16N2O5S/c1-21(17,18)14-9-6-13(16)15(8-9)10-2-3-11-12(7-10)20-5-4-19-11/h2-3,7,9,14H,4-6,8H2,1H3/t9-/m0/s1. The fraction of sp³-hybridized carbons (Fsp3) is 0.462. The Hall–Kier alpha value is -1.80. The third kappa shape index (κ3) is 3.11. The van der Waals surface area contributed by atoms with Crippen LogP contribution in [0, 0.1) is 0 Å². The second-order valence-corrected chi connectivity index (χ2v) is 6.90. The highest BCUT2D eigenvalue weighted by Crippen LogP contribution is 2.35. The summed E-state index contributed by atoms with van der Waals surface area (Å²) < 4.78 is 35.9. The number of nitrogens with zero attached hydrogens (tertiary/aromatic N) is 1. The molecule has 1 atom stereocenters. The summed E-state index contributed by atoms with van der Waals surface area (Å²) in [6, 6.07) is 4.87. The zero-order chi connectivity index (χ0) is 15.0. The van der Waals surface area contributed by atoms with Crippen LogP contribution in [0.4, 0.5) is 5.69 Å². The van der Waals surface area contributed by atoms with Gasteiger partial charge in [-0.1, -0.05) is 0 Å². The van der Waals surface area contributed by atoms with E-state index in [-0.39, 0.29) is 12.3 Å². The Morgan fingerprint density at radius 2 is 1.95 bits per heavy atom. The Bertz CT molecular complexity index is 673. The van der Waals surface area contributed by atoms with E-state index in [1.54, 1.807) is 23.1 Å². The van der Waals surface area contributed by atoms with Gasteiger partial charge in [-0.25, -0.2) is 13.1 Å². The van der Waals surface area contributed by atoms with Crippen molar-refractivity contribution in [1.82, 2.24) is 4.72 Å². The van der Waals surface area contributed by atoms with Crippen molar-refractivity contribution in [3.05, 3.63) is 18.2 Å². The molecule has 2 aliphatic rings. The summed E-state index contributed by atoms with van der Waals surface area (Å²) in [5.74, 6) is 1.14. The van der Waals surface area contributed by atoms with Crippen molar-refractivity contribution in [3.8, 4) is 11.5 Å². The Balaban J connectivity index is 1.79. The average molecular weight is 312 g/mol. The monoisotopic (exact) mass is 312 g/mol. The second kappa shape index (κ2) is 5.19. The highest BCUT2D eigenvalue weighted by molar-refractivity contribution is 7.88. The van der Waals surface area contributed by atoms with E-state index in [1.807, 2.05) is 0 Å². The topological polar surface area (TPSA) is 84.9 Å². The lowest BCUT2D eigenvalue weighted by Crippen LogP contribution is -2.36. The molecule has 1 N–H and O–H groups in total. The number of fused-ring (bicyclic) bond motifs is 1. The molecule has 2 heterocycles. The molecule has 1 fully saturated rings. The van der Waals surface area contributed by atoms with Gasteiger partial charge in [0.05, 0.1) is 6.26 Å². The molecule has 1 saturated heterocycles. The highest BCUT2D eigenvalue weighted by Gasteiger charge is 2.32. The molecule has 1 amide bonds. The Labute approximate surface area is 122 Å². The highest BCUT2D eigenvalue weighted by atomic mass is 32.2. The van der Waals surface area contributed by atoms with Crippen LogP contribution in [0.15, 0.2) is 18.2 Å². The van der Waals surface area contributed by atoms with Crippen LogP contribution in [-0.2, 0) is 14.8 Å². The predicted octanol–water partition coefficient (Wildman–Crippen LogP) is 0.112. The fourth-order valence-electron chi connectivity index (χ4n) is 2.54. The lowest BCUT2D eigenvalue weighted by molar-refractivity contribution is -0.117. The summed E-state index contributed by atoms with van der Waals surface area (Å²) in [6.07, 6.45) is 1.24. The molecule has 1 aromatic carbocycles. The first-order valence-corrected chi connectivity index (χ1v) is 8.49. The maximum atomic E-state index is 12.1. The number of amides is 1. The van der Waals surface area contributed by atoms with Gasteiger partial charge < -0.3 is 14.4 Å². The smallest absolute Gasteiger partial charge is 0.228 e. The van der Waals surface area contributed by atoms with Gasteiger partial charge in [0.15, 0.2) is 11.5 Å². The van der Waals surface area contributed by atoms with Crippen LogP contribution >= 0.6 is 0 Å². The van der Waals surface area contributed by atoms with Gasteiger partial charge in [0.2, 0.25) is 15.9 Å². The van der Waals surface area contributed by atoms with Crippen LogP contribution in [0.5, 0.6) is 11.5 Å². The zero-order valence-electron chi connectivity index (χ0n) is 11.5. The molecule has 114 valence electrons. The molecule has 8 heteroatoms. The van der Waals surface area contributed by atoms with Crippen molar-refractivity contribution in [2.45, 2.75) is 12.5 Å². The quantitative estimate of drug-likeness (QED) is 0.856. The van der Waals surface area contributed by atoms with Crippen molar-refractivity contribution in [3.63, 3.8) is 0 Å². The Morgan fingerprint density at radius 1 is 1.24 bits per heavy atom. The van der Waals surface area contributed by atoms with Crippen LogP contribution in [-0.4, -0.2) is 46.4 Å². The van der Waals surface area contributed by atoms with Gasteiger partial charge in [-0.2, -0.15) is 0 Å². The molecule has 21 heavy (non-hydrogen) atoms. The molecule has 0 aromatic heterocycles. The van der Waals surface area contributed by atoms with Crippen LogP contribution < -0.4 is 19.1 Å². The Morgan fingerprint density at radius 3 is 2.67 bits per heavy atom. The first kappa shape index (κ1) is 14.2. The van der Waals surface area contributed by atoms with Crippen LogP contribution in [0.25, 0.3) is 0 Å². The van der Waals surface area contributed by atoms with Crippen LogP contribution in [0.3, 0.4) is 0 Å². The molecular weight excluding hydrogens is 296 g/mol. The number of rotatable bonds is 3. The first-order valence-electron chi connectivity index (χ1n) is 6.60. The van der Waals surface area contributed by atoms with Gasteiger partial charge >= 0.3 is 0 Å².